The smallest absolute Gasteiger partial charge is 0.338 e. The number of pyridine rings is 1. The molecule has 0 saturated carbocycles. The van der Waals surface area contributed by atoms with Crippen LogP contribution in [-0.2, 0) is 6.18 Å². The average molecular weight is 351 g/mol. The van der Waals surface area contributed by atoms with Crippen LogP contribution in [0.1, 0.15) is 5.56 Å². The maximum atomic E-state index is 12.7. The minimum atomic E-state index is -4.36. The molecule has 1 aliphatic heterocycles. The number of azide groups is 1. The van der Waals surface area contributed by atoms with Crippen molar-refractivity contribution in [3.8, 4) is 0 Å². The maximum absolute atomic E-state index is 12.7. The van der Waals surface area contributed by atoms with E-state index < -0.39 is 11.7 Å². The van der Waals surface area contributed by atoms with E-state index >= 15 is 0 Å². The van der Waals surface area contributed by atoms with Gasteiger partial charge in [0.05, 0.1) is 11.3 Å². The molecular weight excluding hydrogens is 339 g/mol. The van der Waals surface area contributed by atoms with Crippen LogP contribution in [-0.4, -0.2) is 23.3 Å². The van der Waals surface area contributed by atoms with Crippen molar-refractivity contribution in [3.63, 3.8) is 0 Å². The Labute approximate surface area is 140 Å². The Bertz CT molecular complexity index is 771. The fourth-order valence-electron chi connectivity index (χ4n) is 2.47. The third-order valence-corrected chi connectivity index (χ3v) is 4.73. The molecule has 1 aromatic carbocycles. The van der Waals surface area contributed by atoms with Gasteiger partial charge in [-0.25, -0.2) is 4.98 Å². The molecule has 1 aromatic heterocycles. The van der Waals surface area contributed by atoms with Crippen molar-refractivity contribution in [1.82, 2.24) is 4.98 Å². The molecule has 1 aliphatic rings. The van der Waals surface area contributed by atoms with Crippen LogP contribution in [0.2, 0.25) is 0 Å². The van der Waals surface area contributed by atoms with Crippen LogP contribution in [0.15, 0.2) is 52.7 Å². The summed E-state index contributed by atoms with van der Waals surface area (Å²) in [5.41, 5.74) is 9.28. The van der Waals surface area contributed by atoms with Gasteiger partial charge in [-0.1, -0.05) is 16.9 Å². The van der Waals surface area contributed by atoms with E-state index in [-0.39, 0.29) is 11.8 Å². The van der Waals surface area contributed by atoms with E-state index in [1.807, 2.05) is 11.0 Å². The molecule has 1 atom stereocenters. The Kier molecular flexibility index (Phi) is 4.55. The van der Waals surface area contributed by atoms with Gasteiger partial charge >= 0.3 is 6.18 Å². The lowest BCUT2D eigenvalue weighted by Crippen LogP contribution is -2.32. The highest BCUT2D eigenvalue weighted by atomic mass is 32.2. The first-order valence-electron chi connectivity index (χ1n) is 7.06. The fraction of sp³-hybridized carbons (Fsp3) is 0.267. The van der Waals surface area contributed by atoms with Crippen molar-refractivity contribution >= 4 is 23.1 Å². The summed E-state index contributed by atoms with van der Waals surface area (Å²) in [6.45, 7) is 0.808. The first-order chi connectivity index (χ1) is 11.5. The van der Waals surface area contributed by atoms with Gasteiger partial charge in [-0.3, -0.25) is 0 Å². The fourth-order valence-corrected chi connectivity index (χ4v) is 3.57. The lowest BCUT2D eigenvalue weighted by atomic mass is 10.1. The molecule has 0 aliphatic carbocycles. The van der Waals surface area contributed by atoms with Gasteiger partial charge in [0, 0.05) is 35.1 Å². The number of hydrogen-bond acceptors (Lipinski definition) is 4. The molecular formula is C15H12F3N5S. The predicted molar refractivity (Wildman–Crippen MR) is 86.3 cm³/mol. The molecule has 0 saturated heterocycles. The quantitative estimate of drug-likeness (QED) is 0.443. The van der Waals surface area contributed by atoms with Gasteiger partial charge in [0.2, 0.25) is 0 Å². The number of halogens is 3. The van der Waals surface area contributed by atoms with E-state index in [0.29, 0.717) is 12.2 Å². The summed E-state index contributed by atoms with van der Waals surface area (Å²) in [5, 5.41) is 4.34. The minimum Gasteiger partial charge on any atom is -0.338 e. The molecule has 0 radical (unpaired) electrons. The molecule has 3 rings (SSSR count). The van der Waals surface area contributed by atoms with Gasteiger partial charge in [-0.05, 0) is 41.9 Å². The van der Waals surface area contributed by atoms with Crippen LogP contribution >= 0.6 is 11.8 Å². The summed E-state index contributed by atoms with van der Waals surface area (Å²) in [6, 6.07) is 8.67. The van der Waals surface area contributed by atoms with E-state index in [4.69, 9.17) is 5.53 Å². The second kappa shape index (κ2) is 6.62. The number of benzene rings is 1. The molecule has 5 nitrogen and oxygen atoms in total. The molecule has 0 bridgehead atoms. The van der Waals surface area contributed by atoms with Crippen molar-refractivity contribution in [1.29, 1.82) is 0 Å². The Morgan fingerprint density at radius 2 is 2.04 bits per heavy atom. The minimum absolute atomic E-state index is 0.0226. The van der Waals surface area contributed by atoms with Gasteiger partial charge in [0.1, 0.15) is 5.03 Å². The third-order valence-electron chi connectivity index (χ3n) is 3.56. The molecule has 9 heteroatoms. The summed E-state index contributed by atoms with van der Waals surface area (Å²) in [6.07, 6.45) is -2.70. The van der Waals surface area contributed by atoms with Crippen LogP contribution in [0, 0.1) is 0 Å². The highest BCUT2D eigenvalue weighted by molar-refractivity contribution is 8.00. The van der Waals surface area contributed by atoms with E-state index in [0.717, 1.165) is 22.8 Å². The second-order valence-electron chi connectivity index (χ2n) is 5.14. The number of thioether (sulfide) groups is 1. The Morgan fingerprint density at radius 3 is 2.71 bits per heavy atom. The van der Waals surface area contributed by atoms with Crippen LogP contribution in [0.5, 0.6) is 0 Å². The van der Waals surface area contributed by atoms with Crippen molar-refractivity contribution in [2.45, 2.75) is 16.5 Å². The molecule has 2 aromatic rings. The van der Waals surface area contributed by atoms with E-state index in [1.54, 1.807) is 12.3 Å². The second-order valence-corrected chi connectivity index (χ2v) is 6.43. The zero-order valence-corrected chi connectivity index (χ0v) is 13.1. The highest BCUT2D eigenvalue weighted by Gasteiger charge is 2.31. The van der Waals surface area contributed by atoms with E-state index in [9.17, 15) is 13.2 Å². The topological polar surface area (TPSA) is 64.9 Å². The van der Waals surface area contributed by atoms with Gasteiger partial charge in [0.15, 0.2) is 0 Å². The van der Waals surface area contributed by atoms with Crippen molar-refractivity contribution in [3.05, 3.63) is 58.6 Å². The zero-order chi connectivity index (χ0) is 17.2. The zero-order valence-electron chi connectivity index (χ0n) is 12.3. The van der Waals surface area contributed by atoms with Crippen molar-refractivity contribution < 1.29 is 13.2 Å². The third kappa shape index (κ3) is 3.42. The van der Waals surface area contributed by atoms with Gasteiger partial charge in [-0.2, -0.15) is 13.2 Å². The van der Waals surface area contributed by atoms with Crippen LogP contribution in [0.25, 0.3) is 10.4 Å². The molecule has 2 heterocycles. The van der Waals surface area contributed by atoms with Crippen LogP contribution in [0.4, 0.5) is 24.5 Å². The van der Waals surface area contributed by atoms with Gasteiger partial charge in [0.25, 0.3) is 0 Å². The molecule has 124 valence electrons. The molecule has 24 heavy (non-hydrogen) atoms. The number of rotatable bonds is 3. The largest absolute Gasteiger partial charge is 0.416 e. The first kappa shape index (κ1) is 16.5. The summed E-state index contributed by atoms with van der Waals surface area (Å²) < 4.78 is 38.2. The number of aromatic nitrogens is 1. The first-order valence-corrected chi connectivity index (χ1v) is 7.94. The number of nitrogens with zero attached hydrogens (tertiary/aromatic N) is 5. The summed E-state index contributed by atoms with van der Waals surface area (Å²) >= 11 is 1.51. The Hall–Kier alpha value is -2.38. The monoisotopic (exact) mass is 351 g/mol. The number of fused-ring (bicyclic) bond motifs is 1. The van der Waals surface area contributed by atoms with Crippen molar-refractivity contribution in [2.75, 3.05) is 18.0 Å². The van der Waals surface area contributed by atoms with Crippen LogP contribution < -0.4 is 4.90 Å². The maximum Gasteiger partial charge on any atom is 0.416 e. The molecule has 0 spiro atoms. The van der Waals surface area contributed by atoms with Crippen molar-refractivity contribution in [2.24, 2.45) is 5.11 Å². The number of anilines is 2. The summed E-state index contributed by atoms with van der Waals surface area (Å²) in [7, 11) is 0. The number of alkyl halides is 3. The van der Waals surface area contributed by atoms with Gasteiger partial charge in [-0.15, -0.1) is 0 Å². The normalized spacial score (nSPS) is 17.1. The predicted octanol–water partition coefficient (Wildman–Crippen LogP) is 5.02. The van der Waals surface area contributed by atoms with Gasteiger partial charge < -0.3 is 4.90 Å². The number of hydrogen-bond donors (Lipinski definition) is 0. The van der Waals surface area contributed by atoms with Crippen LogP contribution in [0.3, 0.4) is 0 Å². The lowest BCUT2D eigenvalue weighted by Gasteiger charge is -2.34. The molecule has 0 amide bonds. The van der Waals surface area contributed by atoms with E-state index in [2.05, 4.69) is 15.0 Å². The summed E-state index contributed by atoms with van der Waals surface area (Å²) in [4.78, 5) is 8.99. The Balaban J connectivity index is 1.94. The van der Waals surface area contributed by atoms with E-state index in [1.165, 1.54) is 23.9 Å². The average Bonchev–Trinajstić information content (AvgIpc) is 2.58. The molecule has 0 fully saturated rings. The lowest BCUT2D eigenvalue weighted by molar-refractivity contribution is -0.137. The standard InChI is InChI=1S/C15H12F3N5S/c16-15(17,18)10-3-5-11(6-4-10)23-9-12(8-21-22-19)24-14-13(23)2-1-7-20-14/h1-7,12H,8-9H2. The SMILES string of the molecule is [N-]=[N+]=NCC1CN(c2ccc(C(F)(F)F)cc2)c2cccnc2S1. The Morgan fingerprint density at radius 1 is 1.29 bits per heavy atom. The molecule has 0 N–H and O–H groups in total. The summed E-state index contributed by atoms with van der Waals surface area (Å²) in [5.74, 6) is 0. The highest BCUT2D eigenvalue weighted by Crippen LogP contribution is 2.41. The molecule has 1 unspecified atom stereocenters.